The molecule has 4 rings (SSSR count). The summed E-state index contributed by atoms with van der Waals surface area (Å²) in [6.07, 6.45) is 1.92. The van der Waals surface area contributed by atoms with Crippen LogP contribution >= 0.6 is 0 Å². The average Bonchev–Trinajstić information content (AvgIpc) is 3.18. The second-order valence-electron chi connectivity index (χ2n) is 9.88. The molecule has 2 heterocycles. The van der Waals surface area contributed by atoms with Crippen LogP contribution in [0, 0.1) is 0 Å². The third kappa shape index (κ3) is 5.83. The maximum Gasteiger partial charge on any atom is 0.258 e. The van der Waals surface area contributed by atoms with Crippen LogP contribution in [0.5, 0.6) is 0 Å². The van der Waals surface area contributed by atoms with Crippen LogP contribution in [-0.2, 0) is 4.79 Å². The minimum atomic E-state index is -0.202. The van der Waals surface area contributed by atoms with Gasteiger partial charge in [0.2, 0.25) is 0 Å². The van der Waals surface area contributed by atoms with E-state index in [1.807, 2.05) is 31.1 Å². The molecule has 2 amide bonds. The molecule has 0 unspecified atom stereocenters. The first-order valence-electron chi connectivity index (χ1n) is 12.4. The Morgan fingerprint density at radius 2 is 1.67 bits per heavy atom. The third-order valence-electron chi connectivity index (χ3n) is 6.77. The van der Waals surface area contributed by atoms with Crippen molar-refractivity contribution in [1.29, 1.82) is 0 Å². The molecule has 3 N–H and O–H groups in total. The third-order valence-corrected chi connectivity index (χ3v) is 6.77. The molecular weight excluding hydrogens is 454 g/mol. The highest BCUT2D eigenvalue weighted by Gasteiger charge is 2.30. The van der Waals surface area contributed by atoms with Crippen molar-refractivity contribution >= 4 is 34.6 Å². The highest BCUT2D eigenvalue weighted by molar-refractivity contribution is 6.36. The number of nitrogens with zero attached hydrogens (tertiary/aromatic N) is 2. The SMILES string of the molecule is CC(=O)c1ccc2c(c1)C(=C(NC1CCN(C)CC1)c1ccc(C(=O)NCCN(C)C)cc1)C(=O)N2. The van der Waals surface area contributed by atoms with Gasteiger partial charge in [-0.15, -0.1) is 0 Å². The molecule has 0 bridgehead atoms. The molecule has 0 aromatic heterocycles. The molecule has 2 aromatic carbocycles. The quantitative estimate of drug-likeness (QED) is 0.390. The summed E-state index contributed by atoms with van der Waals surface area (Å²) >= 11 is 0. The van der Waals surface area contributed by atoms with Crippen LogP contribution < -0.4 is 16.0 Å². The fourth-order valence-corrected chi connectivity index (χ4v) is 4.57. The molecule has 1 saturated heterocycles. The summed E-state index contributed by atoms with van der Waals surface area (Å²) < 4.78 is 0. The summed E-state index contributed by atoms with van der Waals surface area (Å²) in [5, 5.41) is 9.53. The second kappa shape index (κ2) is 11.1. The van der Waals surface area contributed by atoms with Crippen molar-refractivity contribution in [2.24, 2.45) is 0 Å². The van der Waals surface area contributed by atoms with Crippen LogP contribution in [0.2, 0.25) is 0 Å². The van der Waals surface area contributed by atoms with Crippen LogP contribution in [0.4, 0.5) is 5.69 Å². The fraction of sp³-hybridized carbons (Fsp3) is 0.393. The minimum Gasteiger partial charge on any atom is -0.381 e. The predicted octanol–water partition coefficient (Wildman–Crippen LogP) is 2.68. The number of ketones is 1. The highest BCUT2D eigenvalue weighted by Crippen LogP contribution is 2.37. The summed E-state index contributed by atoms with van der Waals surface area (Å²) in [5.74, 6) is -0.381. The van der Waals surface area contributed by atoms with E-state index in [1.54, 1.807) is 30.3 Å². The van der Waals surface area contributed by atoms with Gasteiger partial charge in [0.1, 0.15) is 0 Å². The standard InChI is InChI=1S/C28H35N5O3/c1-18(34)21-9-10-24-23(17-21)25(28(36)31-24)26(30-22-11-14-33(4)15-12-22)19-5-7-20(8-6-19)27(35)29-13-16-32(2)3/h5-10,17,22,30H,11-16H2,1-4H3,(H,29,35)(H,31,36). The number of hydrogen-bond acceptors (Lipinski definition) is 6. The van der Waals surface area contributed by atoms with Crippen LogP contribution in [0.3, 0.4) is 0 Å². The summed E-state index contributed by atoms with van der Waals surface area (Å²) in [5.41, 5.74) is 4.61. The maximum absolute atomic E-state index is 13.2. The van der Waals surface area contributed by atoms with Gasteiger partial charge in [-0.3, -0.25) is 14.4 Å². The van der Waals surface area contributed by atoms with Crippen LogP contribution in [-0.4, -0.2) is 80.8 Å². The first kappa shape index (κ1) is 25.6. The molecule has 0 saturated carbocycles. The molecule has 0 radical (unpaired) electrons. The Kier molecular flexibility index (Phi) is 7.86. The molecule has 2 aliphatic rings. The number of benzene rings is 2. The lowest BCUT2D eigenvalue weighted by Gasteiger charge is -2.31. The van der Waals surface area contributed by atoms with Gasteiger partial charge in [-0.2, -0.15) is 0 Å². The molecule has 1 fully saturated rings. The van der Waals surface area contributed by atoms with Crippen molar-refractivity contribution in [3.8, 4) is 0 Å². The number of nitrogens with one attached hydrogen (secondary N) is 3. The Hall–Kier alpha value is -3.49. The minimum absolute atomic E-state index is 0.0500. The fourth-order valence-electron chi connectivity index (χ4n) is 4.57. The molecule has 0 spiro atoms. The molecule has 2 aromatic rings. The van der Waals surface area contributed by atoms with Crippen molar-refractivity contribution in [3.05, 3.63) is 64.7 Å². The van der Waals surface area contributed by atoms with E-state index in [1.165, 1.54) is 6.92 Å². The summed E-state index contributed by atoms with van der Waals surface area (Å²) in [4.78, 5) is 42.1. The number of piperidine rings is 1. The monoisotopic (exact) mass is 489 g/mol. The lowest BCUT2D eigenvalue weighted by Crippen LogP contribution is -2.40. The van der Waals surface area contributed by atoms with Crippen LogP contribution in [0.15, 0.2) is 42.5 Å². The Bertz CT molecular complexity index is 1180. The van der Waals surface area contributed by atoms with E-state index in [0.717, 1.165) is 43.7 Å². The van der Waals surface area contributed by atoms with E-state index in [-0.39, 0.29) is 23.6 Å². The van der Waals surface area contributed by atoms with Crippen LogP contribution in [0.25, 0.3) is 11.3 Å². The van der Waals surface area contributed by atoms with Gasteiger partial charge in [-0.25, -0.2) is 0 Å². The molecule has 8 heteroatoms. The molecule has 0 aliphatic carbocycles. The van der Waals surface area contributed by atoms with E-state index < -0.39 is 0 Å². The number of likely N-dealkylation sites (tertiary alicyclic amines) is 1. The van der Waals surface area contributed by atoms with Gasteiger partial charge in [0.15, 0.2) is 5.78 Å². The lowest BCUT2D eigenvalue weighted by molar-refractivity contribution is -0.110. The number of Topliss-reactive ketones (excluding diaryl/α,β-unsaturated/α-hetero) is 1. The van der Waals surface area contributed by atoms with Crippen molar-refractivity contribution in [2.75, 3.05) is 52.6 Å². The number of rotatable bonds is 8. The number of carbonyl (C=O) groups excluding carboxylic acids is 3. The number of hydrogen-bond donors (Lipinski definition) is 3. The highest BCUT2D eigenvalue weighted by atomic mass is 16.2. The zero-order chi connectivity index (χ0) is 25.8. The second-order valence-corrected chi connectivity index (χ2v) is 9.88. The smallest absolute Gasteiger partial charge is 0.258 e. The summed E-state index contributed by atoms with van der Waals surface area (Å²) in [6, 6.07) is 12.9. The zero-order valence-electron chi connectivity index (χ0n) is 21.5. The Labute approximate surface area is 212 Å². The van der Waals surface area contributed by atoms with Crippen LogP contribution in [0.1, 0.15) is 51.6 Å². The van der Waals surface area contributed by atoms with Gasteiger partial charge < -0.3 is 25.8 Å². The van der Waals surface area contributed by atoms with Crippen molar-refractivity contribution in [2.45, 2.75) is 25.8 Å². The average molecular weight is 490 g/mol. The Balaban J connectivity index is 1.70. The summed E-state index contributed by atoms with van der Waals surface area (Å²) in [7, 11) is 6.04. The van der Waals surface area contributed by atoms with E-state index in [0.29, 0.717) is 34.5 Å². The number of anilines is 1. The van der Waals surface area contributed by atoms with Crippen molar-refractivity contribution in [3.63, 3.8) is 0 Å². The molecule has 190 valence electrons. The van der Waals surface area contributed by atoms with Gasteiger partial charge in [0, 0.05) is 41.5 Å². The topological polar surface area (TPSA) is 93.8 Å². The number of likely N-dealkylation sites (N-methyl/N-ethyl adjacent to an activating group) is 1. The normalized spacial score (nSPS) is 17.5. The van der Waals surface area contributed by atoms with E-state index in [2.05, 4.69) is 27.9 Å². The van der Waals surface area contributed by atoms with Gasteiger partial charge in [-0.05, 0) is 89.9 Å². The first-order valence-corrected chi connectivity index (χ1v) is 12.4. The maximum atomic E-state index is 13.2. The summed E-state index contributed by atoms with van der Waals surface area (Å²) in [6.45, 7) is 4.80. The Morgan fingerprint density at radius 1 is 1.03 bits per heavy atom. The van der Waals surface area contributed by atoms with E-state index in [4.69, 9.17) is 0 Å². The largest absolute Gasteiger partial charge is 0.381 e. The predicted molar refractivity (Wildman–Crippen MR) is 143 cm³/mol. The van der Waals surface area contributed by atoms with E-state index in [9.17, 15) is 14.4 Å². The molecule has 0 atom stereocenters. The first-order chi connectivity index (χ1) is 17.2. The van der Waals surface area contributed by atoms with Gasteiger partial charge in [0.25, 0.3) is 11.8 Å². The Morgan fingerprint density at radius 3 is 2.31 bits per heavy atom. The molecule has 8 nitrogen and oxygen atoms in total. The van der Waals surface area contributed by atoms with Crippen molar-refractivity contribution < 1.29 is 14.4 Å². The number of fused-ring (bicyclic) bond motifs is 1. The number of carbonyl (C=O) groups is 3. The molecule has 36 heavy (non-hydrogen) atoms. The van der Waals surface area contributed by atoms with Gasteiger partial charge in [-0.1, -0.05) is 12.1 Å². The molecule has 2 aliphatic heterocycles. The molecular formula is C28H35N5O3. The zero-order valence-corrected chi connectivity index (χ0v) is 21.5. The van der Waals surface area contributed by atoms with Gasteiger partial charge >= 0.3 is 0 Å². The van der Waals surface area contributed by atoms with Gasteiger partial charge in [0.05, 0.1) is 11.3 Å². The van der Waals surface area contributed by atoms with E-state index >= 15 is 0 Å². The lowest BCUT2D eigenvalue weighted by atomic mass is 9.95. The number of amides is 2. The van der Waals surface area contributed by atoms with Crippen molar-refractivity contribution in [1.82, 2.24) is 20.4 Å².